The van der Waals surface area contributed by atoms with E-state index in [2.05, 4.69) is 15.6 Å². The van der Waals surface area contributed by atoms with Crippen LogP contribution in [0.15, 0.2) is 34.9 Å². The van der Waals surface area contributed by atoms with Gasteiger partial charge in [0.1, 0.15) is 0 Å². The fourth-order valence-corrected chi connectivity index (χ4v) is 2.09. The van der Waals surface area contributed by atoms with E-state index < -0.39 is 0 Å². The third kappa shape index (κ3) is 5.53. The Morgan fingerprint density at radius 1 is 1.12 bits per heavy atom. The Labute approximate surface area is 141 Å². The van der Waals surface area contributed by atoms with E-state index >= 15 is 0 Å². The molecular weight excluding hydrogens is 306 g/mol. The predicted molar refractivity (Wildman–Crippen MR) is 91.3 cm³/mol. The smallest absolute Gasteiger partial charge is 0.239 e. The molecule has 0 aliphatic heterocycles. The van der Waals surface area contributed by atoms with Crippen LogP contribution in [0.1, 0.15) is 31.2 Å². The number of hydrogen-bond acceptors (Lipinski definition) is 4. The van der Waals surface area contributed by atoms with Gasteiger partial charge in [-0.1, -0.05) is 36.8 Å². The summed E-state index contributed by atoms with van der Waals surface area (Å²) in [6.45, 7) is 4.61. The van der Waals surface area contributed by atoms with Gasteiger partial charge in [0.15, 0.2) is 11.7 Å². The second-order valence-corrected chi connectivity index (χ2v) is 5.61. The minimum Gasteiger partial charge on any atom is -0.441 e. The molecule has 2 rings (SSSR count). The maximum atomic E-state index is 11.7. The molecule has 2 N–H and O–H groups in total. The Morgan fingerprint density at radius 3 is 2.58 bits per heavy atom. The SMILES string of the molecule is CCCNC(=O)CNC(=O)CCc1ncc(-c2ccc(C)cc2)o1. The van der Waals surface area contributed by atoms with Gasteiger partial charge in [0, 0.05) is 24.9 Å². The Bertz CT molecular complexity index is 677. The number of benzene rings is 1. The molecule has 0 radical (unpaired) electrons. The van der Waals surface area contributed by atoms with Crippen LogP contribution in [-0.2, 0) is 16.0 Å². The lowest BCUT2D eigenvalue weighted by Crippen LogP contribution is -2.37. The summed E-state index contributed by atoms with van der Waals surface area (Å²) in [4.78, 5) is 27.4. The summed E-state index contributed by atoms with van der Waals surface area (Å²) >= 11 is 0. The van der Waals surface area contributed by atoms with Crippen molar-refractivity contribution in [1.29, 1.82) is 0 Å². The average molecular weight is 329 g/mol. The minimum absolute atomic E-state index is 0.000959. The summed E-state index contributed by atoms with van der Waals surface area (Å²) in [6.07, 6.45) is 3.16. The second-order valence-electron chi connectivity index (χ2n) is 5.61. The standard InChI is InChI=1S/C18H23N3O3/c1-3-10-19-17(23)12-20-16(22)8-9-18-21-11-15(24-18)14-6-4-13(2)5-7-14/h4-7,11H,3,8-10,12H2,1-2H3,(H,19,23)(H,20,22). The third-order valence-corrected chi connectivity index (χ3v) is 3.47. The highest BCUT2D eigenvalue weighted by atomic mass is 16.4. The van der Waals surface area contributed by atoms with Crippen molar-refractivity contribution in [2.75, 3.05) is 13.1 Å². The summed E-state index contributed by atoms with van der Waals surface area (Å²) in [5, 5.41) is 5.29. The summed E-state index contributed by atoms with van der Waals surface area (Å²) in [5.74, 6) is 0.820. The van der Waals surface area contributed by atoms with E-state index in [4.69, 9.17) is 4.42 Å². The van der Waals surface area contributed by atoms with Crippen LogP contribution in [0, 0.1) is 6.92 Å². The third-order valence-electron chi connectivity index (χ3n) is 3.47. The van der Waals surface area contributed by atoms with Crippen LogP contribution in [0.4, 0.5) is 0 Å². The van der Waals surface area contributed by atoms with Gasteiger partial charge in [-0.3, -0.25) is 9.59 Å². The van der Waals surface area contributed by atoms with Crippen molar-refractivity contribution in [1.82, 2.24) is 15.6 Å². The quantitative estimate of drug-likeness (QED) is 0.778. The Balaban J connectivity index is 1.77. The van der Waals surface area contributed by atoms with Crippen LogP contribution in [-0.4, -0.2) is 29.9 Å². The fourth-order valence-electron chi connectivity index (χ4n) is 2.09. The number of nitrogens with one attached hydrogen (secondary N) is 2. The molecule has 0 saturated heterocycles. The zero-order valence-electron chi connectivity index (χ0n) is 14.1. The van der Waals surface area contributed by atoms with Crippen molar-refractivity contribution < 1.29 is 14.0 Å². The first-order valence-corrected chi connectivity index (χ1v) is 8.13. The number of hydrogen-bond donors (Lipinski definition) is 2. The number of aromatic nitrogens is 1. The molecule has 0 spiro atoms. The van der Waals surface area contributed by atoms with E-state index in [0.29, 0.717) is 24.6 Å². The van der Waals surface area contributed by atoms with Crippen molar-refractivity contribution in [3.05, 3.63) is 41.9 Å². The number of oxazole rings is 1. The normalized spacial score (nSPS) is 10.4. The number of nitrogens with zero attached hydrogens (tertiary/aromatic N) is 1. The Hall–Kier alpha value is -2.63. The highest BCUT2D eigenvalue weighted by molar-refractivity contribution is 5.84. The summed E-state index contributed by atoms with van der Waals surface area (Å²) in [7, 11) is 0. The molecule has 2 amide bonds. The first-order valence-electron chi connectivity index (χ1n) is 8.13. The highest BCUT2D eigenvalue weighted by Crippen LogP contribution is 2.21. The number of amides is 2. The van der Waals surface area contributed by atoms with E-state index in [1.54, 1.807) is 6.20 Å². The molecule has 24 heavy (non-hydrogen) atoms. The first-order chi connectivity index (χ1) is 11.6. The van der Waals surface area contributed by atoms with Gasteiger partial charge in [0.2, 0.25) is 11.8 Å². The summed E-state index contributed by atoms with van der Waals surface area (Å²) < 4.78 is 5.67. The first kappa shape index (κ1) is 17.7. The van der Waals surface area contributed by atoms with Gasteiger partial charge in [-0.15, -0.1) is 0 Å². The zero-order chi connectivity index (χ0) is 17.4. The summed E-state index contributed by atoms with van der Waals surface area (Å²) in [5.41, 5.74) is 2.13. The van der Waals surface area contributed by atoms with E-state index in [1.165, 1.54) is 5.56 Å². The van der Waals surface area contributed by atoms with E-state index in [0.717, 1.165) is 12.0 Å². The molecule has 0 atom stereocenters. The molecule has 6 heteroatoms. The molecule has 1 aromatic carbocycles. The highest BCUT2D eigenvalue weighted by Gasteiger charge is 2.10. The van der Waals surface area contributed by atoms with Gasteiger partial charge in [0.25, 0.3) is 0 Å². The molecule has 0 saturated carbocycles. The lowest BCUT2D eigenvalue weighted by molar-refractivity contribution is -0.126. The molecule has 2 aromatic rings. The topological polar surface area (TPSA) is 84.2 Å². The fraction of sp³-hybridized carbons (Fsp3) is 0.389. The summed E-state index contributed by atoms with van der Waals surface area (Å²) in [6, 6.07) is 7.96. The van der Waals surface area contributed by atoms with Crippen molar-refractivity contribution in [2.24, 2.45) is 0 Å². The van der Waals surface area contributed by atoms with Crippen molar-refractivity contribution in [3.63, 3.8) is 0 Å². The minimum atomic E-state index is -0.197. The van der Waals surface area contributed by atoms with Gasteiger partial charge < -0.3 is 15.1 Å². The van der Waals surface area contributed by atoms with E-state index in [9.17, 15) is 9.59 Å². The molecule has 6 nitrogen and oxygen atoms in total. The molecular formula is C18H23N3O3. The van der Waals surface area contributed by atoms with Crippen LogP contribution in [0.2, 0.25) is 0 Å². The van der Waals surface area contributed by atoms with Gasteiger partial charge in [-0.05, 0) is 13.3 Å². The Morgan fingerprint density at radius 2 is 1.88 bits per heavy atom. The van der Waals surface area contributed by atoms with E-state index in [1.807, 2.05) is 38.1 Å². The predicted octanol–water partition coefficient (Wildman–Crippen LogP) is 2.23. The van der Waals surface area contributed by atoms with Crippen LogP contribution in [0.3, 0.4) is 0 Å². The Kier molecular flexibility index (Phi) is 6.54. The molecule has 0 unspecified atom stereocenters. The monoisotopic (exact) mass is 329 g/mol. The zero-order valence-corrected chi connectivity index (χ0v) is 14.1. The van der Waals surface area contributed by atoms with Gasteiger partial charge in [-0.2, -0.15) is 0 Å². The molecule has 1 heterocycles. The van der Waals surface area contributed by atoms with Crippen LogP contribution in [0.25, 0.3) is 11.3 Å². The van der Waals surface area contributed by atoms with Crippen LogP contribution in [0.5, 0.6) is 0 Å². The molecule has 0 fully saturated rings. The molecule has 0 aliphatic rings. The number of carbonyl (C=O) groups excluding carboxylic acids is 2. The van der Waals surface area contributed by atoms with Crippen LogP contribution < -0.4 is 10.6 Å². The van der Waals surface area contributed by atoms with Gasteiger partial charge >= 0.3 is 0 Å². The van der Waals surface area contributed by atoms with Crippen molar-refractivity contribution >= 4 is 11.8 Å². The largest absolute Gasteiger partial charge is 0.441 e. The average Bonchev–Trinajstić information content (AvgIpc) is 3.06. The van der Waals surface area contributed by atoms with Crippen LogP contribution >= 0.6 is 0 Å². The number of aryl methyl sites for hydroxylation is 2. The molecule has 0 aliphatic carbocycles. The van der Waals surface area contributed by atoms with E-state index in [-0.39, 0.29) is 24.8 Å². The van der Waals surface area contributed by atoms with Crippen molar-refractivity contribution in [2.45, 2.75) is 33.1 Å². The molecule has 1 aromatic heterocycles. The van der Waals surface area contributed by atoms with Gasteiger partial charge in [-0.25, -0.2) is 4.98 Å². The molecule has 0 bridgehead atoms. The second kappa shape index (κ2) is 8.86. The lowest BCUT2D eigenvalue weighted by Gasteiger charge is -2.05. The number of rotatable bonds is 8. The maximum Gasteiger partial charge on any atom is 0.239 e. The van der Waals surface area contributed by atoms with Crippen molar-refractivity contribution in [3.8, 4) is 11.3 Å². The lowest BCUT2D eigenvalue weighted by atomic mass is 10.1. The molecule has 128 valence electrons. The van der Waals surface area contributed by atoms with Gasteiger partial charge in [0.05, 0.1) is 12.7 Å². The maximum absolute atomic E-state index is 11.7. The number of carbonyl (C=O) groups is 2.